The number of thiazole rings is 1. The molecule has 9 nitrogen and oxygen atoms in total. The fraction of sp³-hybridized carbons (Fsp3) is 0.259. The molecule has 1 aliphatic heterocycles. The molecule has 200 valence electrons. The van der Waals surface area contributed by atoms with E-state index in [0.29, 0.717) is 41.7 Å². The summed E-state index contributed by atoms with van der Waals surface area (Å²) in [7, 11) is 2.52. The van der Waals surface area contributed by atoms with Gasteiger partial charge >= 0.3 is 0 Å². The van der Waals surface area contributed by atoms with E-state index in [1.165, 1.54) is 31.6 Å². The van der Waals surface area contributed by atoms with Crippen molar-refractivity contribution in [2.75, 3.05) is 33.0 Å². The number of aryl methyl sites for hydroxylation is 1. The smallest absolute Gasteiger partial charge is 0.246 e. The Kier molecular flexibility index (Phi) is 6.93. The number of anilines is 1. The lowest BCUT2D eigenvalue weighted by Crippen LogP contribution is -2.27. The van der Waals surface area contributed by atoms with Crippen molar-refractivity contribution >= 4 is 34.0 Å². The number of nitrogen functional groups attached to an aromatic ring is 1. The Labute approximate surface area is 226 Å². The van der Waals surface area contributed by atoms with Crippen LogP contribution in [0.25, 0.3) is 22.2 Å². The first kappa shape index (κ1) is 26.1. The molecular formula is C27H24F2N6O3S. The number of hydrogen-bond acceptors (Lipinski definition) is 8. The quantitative estimate of drug-likeness (QED) is 0.294. The molecule has 12 heteroatoms. The zero-order valence-corrected chi connectivity index (χ0v) is 22.2. The lowest BCUT2D eigenvalue weighted by Gasteiger charge is -2.16. The van der Waals surface area contributed by atoms with Crippen LogP contribution >= 0.6 is 11.3 Å². The zero-order chi connectivity index (χ0) is 27.8. The van der Waals surface area contributed by atoms with Gasteiger partial charge in [-0.1, -0.05) is 12.5 Å². The summed E-state index contributed by atoms with van der Waals surface area (Å²) in [4.78, 5) is 22.9. The fourth-order valence-electron chi connectivity index (χ4n) is 4.61. The highest BCUT2D eigenvalue weighted by atomic mass is 32.1. The van der Waals surface area contributed by atoms with E-state index in [4.69, 9.17) is 20.3 Å². The van der Waals surface area contributed by atoms with Gasteiger partial charge in [-0.05, 0) is 25.3 Å². The van der Waals surface area contributed by atoms with Crippen LogP contribution in [0.15, 0.2) is 30.3 Å². The number of aromatic nitrogens is 4. The number of likely N-dealkylation sites (tertiary alicyclic amines) is 1. The van der Waals surface area contributed by atoms with Crippen molar-refractivity contribution in [3.8, 4) is 34.6 Å². The Morgan fingerprint density at radius 3 is 2.59 bits per heavy atom. The highest BCUT2D eigenvalue weighted by Gasteiger charge is 2.30. The number of amides is 1. The second-order valence-corrected chi connectivity index (χ2v) is 9.85. The van der Waals surface area contributed by atoms with Gasteiger partial charge in [-0.15, -0.1) is 11.3 Å². The van der Waals surface area contributed by atoms with E-state index in [1.54, 1.807) is 15.8 Å². The predicted molar refractivity (Wildman–Crippen MR) is 144 cm³/mol. The summed E-state index contributed by atoms with van der Waals surface area (Å²) in [5.74, 6) is 2.96. The number of methoxy groups -OCH3 is 2. The van der Waals surface area contributed by atoms with E-state index >= 15 is 0 Å². The van der Waals surface area contributed by atoms with Gasteiger partial charge in [0.1, 0.15) is 17.1 Å². The van der Waals surface area contributed by atoms with Crippen molar-refractivity contribution in [2.24, 2.45) is 0 Å². The maximum Gasteiger partial charge on any atom is 0.246 e. The summed E-state index contributed by atoms with van der Waals surface area (Å²) < 4.78 is 41.8. The summed E-state index contributed by atoms with van der Waals surface area (Å²) in [5, 5.41) is 7.92. The molecule has 1 fully saturated rings. The molecule has 4 aromatic rings. The van der Waals surface area contributed by atoms with Crippen LogP contribution in [-0.4, -0.2) is 57.9 Å². The third kappa shape index (κ3) is 4.55. The van der Waals surface area contributed by atoms with Crippen LogP contribution in [0, 0.1) is 30.4 Å². The summed E-state index contributed by atoms with van der Waals surface area (Å²) in [5.41, 5.74) is 7.95. The van der Waals surface area contributed by atoms with E-state index in [-0.39, 0.29) is 35.0 Å². The second kappa shape index (κ2) is 10.3. The van der Waals surface area contributed by atoms with Gasteiger partial charge in [0.2, 0.25) is 5.91 Å². The monoisotopic (exact) mass is 550 g/mol. The van der Waals surface area contributed by atoms with Gasteiger partial charge in [0.15, 0.2) is 23.1 Å². The minimum Gasteiger partial charge on any atom is -0.493 e. The number of nitrogens with two attached hydrogens (primary N) is 1. The molecule has 4 heterocycles. The third-order valence-corrected chi connectivity index (χ3v) is 7.30. The number of benzene rings is 1. The van der Waals surface area contributed by atoms with E-state index in [1.807, 2.05) is 12.3 Å². The molecule has 3 aromatic heterocycles. The van der Waals surface area contributed by atoms with Gasteiger partial charge in [0.05, 0.1) is 41.9 Å². The number of carbonyl (C=O) groups is 1. The molecule has 1 saturated heterocycles. The number of carbonyl (C=O) groups excluding carboxylic acids is 1. The van der Waals surface area contributed by atoms with Crippen molar-refractivity contribution in [2.45, 2.75) is 19.4 Å². The summed E-state index contributed by atoms with van der Waals surface area (Å²) >= 11 is 1.48. The highest BCUT2D eigenvalue weighted by Crippen LogP contribution is 2.37. The van der Waals surface area contributed by atoms with Crippen LogP contribution in [-0.2, 0) is 4.79 Å². The van der Waals surface area contributed by atoms with Crippen molar-refractivity contribution in [1.82, 2.24) is 24.6 Å². The number of rotatable bonds is 5. The fourth-order valence-corrected chi connectivity index (χ4v) is 5.22. The molecule has 1 unspecified atom stereocenters. The maximum atomic E-state index is 15.0. The normalized spacial score (nSPS) is 14.8. The summed E-state index contributed by atoms with van der Waals surface area (Å²) in [6, 6.07) is 0.901. The van der Waals surface area contributed by atoms with E-state index in [9.17, 15) is 13.6 Å². The molecule has 0 aliphatic carbocycles. The standard InChI is InChI=1S/C27H24F2N6O3S/c1-5-22(36)34-9-8-15(12-34)35-26-17(19-13-39-14(2)32-19)11-31-27(30)23(26)18(33-35)7-6-16-24(28)20(37-3)10-21(38-4)25(16)29/h5,10-11,13,15H,1,8-9,12H2,2-4H3,(H2,30,31). The molecule has 1 aromatic carbocycles. The van der Waals surface area contributed by atoms with Crippen LogP contribution in [0.3, 0.4) is 0 Å². The van der Waals surface area contributed by atoms with Crippen LogP contribution in [0.2, 0.25) is 0 Å². The van der Waals surface area contributed by atoms with E-state index in [2.05, 4.69) is 28.4 Å². The van der Waals surface area contributed by atoms with E-state index < -0.39 is 17.2 Å². The largest absolute Gasteiger partial charge is 0.493 e. The molecule has 2 N–H and O–H groups in total. The molecule has 0 bridgehead atoms. The first-order valence-electron chi connectivity index (χ1n) is 11.9. The van der Waals surface area contributed by atoms with Gasteiger partial charge < -0.3 is 20.1 Å². The lowest BCUT2D eigenvalue weighted by molar-refractivity contribution is -0.125. The number of hydrogen-bond donors (Lipinski definition) is 1. The Morgan fingerprint density at radius 2 is 1.97 bits per heavy atom. The lowest BCUT2D eigenvalue weighted by atomic mass is 10.1. The Balaban J connectivity index is 1.73. The summed E-state index contributed by atoms with van der Waals surface area (Å²) in [6.45, 7) is 6.38. The van der Waals surface area contributed by atoms with Crippen molar-refractivity contribution in [3.05, 3.63) is 58.2 Å². The Bertz CT molecular complexity index is 1660. The van der Waals surface area contributed by atoms with Gasteiger partial charge in [0, 0.05) is 36.3 Å². The first-order valence-corrected chi connectivity index (χ1v) is 12.8. The molecule has 0 radical (unpaired) electrons. The topological polar surface area (TPSA) is 108 Å². The molecule has 1 aliphatic rings. The van der Waals surface area contributed by atoms with Gasteiger partial charge in [0.25, 0.3) is 0 Å². The number of ether oxygens (including phenoxy) is 2. The van der Waals surface area contributed by atoms with Crippen LogP contribution < -0.4 is 15.2 Å². The molecule has 0 spiro atoms. The molecular weight excluding hydrogens is 526 g/mol. The van der Waals surface area contributed by atoms with Gasteiger partial charge in [-0.25, -0.2) is 18.7 Å². The highest BCUT2D eigenvalue weighted by molar-refractivity contribution is 7.09. The van der Waals surface area contributed by atoms with E-state index in [0.717, 1.165) is 11.1 Å². The molecule has 39 heavy (non-hydrogen) atoms. The average molecular weight is 551 g/mol. The van der Waals surface area contributed by atoms with Crippen molar-refractivity contribution in [3.63, 3.8) is 0 Å². The number of pyridine rings is 1. The SMILES string of the molecule is C=CC(=O)N1CCC(n2nc(C#Cc3c(F)c(OC)cc(OC)c3F)c3c(N)ncc(-c4csc(C)n4)c32)C1. The van der Waals surface area contributed by atoms with Crippen molar-refractivity contribution in [1.29, 1.82) is 0 Å². The van der Waals surface area contributed by atoms with Crippen LogP contribution in [0.5, 0.6) is 11.5 Å². The molecule has 1 atom stereocenters. The maximum absolute atomic E-state index is 15.0. The molecule has 1 amide bonds. The zero-order valence-electron chi connectivity index (χ0n) is 21.4. The summed E-state index contributed by atoms with van der Waals surface area (Å²) in [6.07, 6.45) is 3.52. The Morgan fingerprint density at radius 1 is 1.26 bits per heavy atom. The molecule has 0 saturated carbocycles. The van der Waals surface area contributed by atoms with Crippen molar-refractivity contribution < 1.29 is 23.0 Å². The molecule has 5 rings (SSSR count). The predicted octanol–water partition coefficient (Wildman–Crippen LogP) is 4.10. The average Bonchev–Trinajstić information content (AvgIpc) is 3.68. The first-order chi connectivity index (χ1) is 18.8. The minimum absolute atomic E-state index is 0.150. The van der Waals surface area contributed by atoms with Gasteiger partial charge in [-0.2, -0.15) is 5.10 Å². The van der Waals surface area contributed by atoms with Crippen LogP contribution in [0.4, 0.5) is 14.6 Å². The number of nitrogens with zero attached hydrogens (tertiary/aromatic N) is 5. The minimum atomic E-state index is -0.967. The number of fused-ring (bicyclic) bond motifs is 1. The number of halogens is 2. The third-order valence-electron chi connectivity index (χ3n) is 6.52. The Hall–Kier alpha value is -4.50. The second-order valence-electron chi connectivity index (χ2n) is 8.79. The van der Waals surface area contributed by atoms with Gasteiger partial charge in [-0.3, -0.25) is 9.48 Å². The van der Waals surface area contributed by atoms with Crippen LogP contribution in [0.1, 0.15) is 28.7 Å².